The first kappa shape index (κ1) is 29.6. The molecule has 43 heavy (non-hydrogen) atoms. The van der Waals surface area contributed by atoms with E-state index < -0.39 is 11.8 Å². The van der Waals surface area contributed by atoms with Crippen LogP contribution in [-0.4, -0.2) is 62.6 Å². The molecule has 1 fully saturated rings. The van der Waals surface area contributed by atoms with Crippen molar-refractivity contribution in [1.29, 1.82) is 0 Å². The van der Waals surface area contributed by atoms with Crippen molar-refractivity contribution in [1.82, 2.24) is 9.88 Å². The predicted molar refractivity (Wildman–Crippen MR) is 163 cm³/mol. The number of carbonyl (C=O) groups is 1. The Morgan fingerprint density at radius 2 is 1.86 bits per heavy atom. The molecular formula is C32H34FN5O5. The van der Waals surface area contributed by atoms with Gasteiger partial charge in [0, 0.05) is 30.3 Å². The highest BCUT2D eigenvalue weighted by Gasteiger charge is 2.17. The Hall–Kier alpha value is -4.90. The zero-order valence-electron chi connectivity index (χ0n) is 24.2. The van der Waals surface area contributed by atoms with Gasteiger partial charge in [-0.1, -0.05) is 12.1 Å². The van der Waals surface area contributed by atoms with Crippen LogP contribution in [0.2, 0.25) is 0 Å². The molecule has 1 aliphatic heterocycles. The summed E-state index contributed by atoms with van der Waals surface area (Å²) in [5.41, 5.74) is 6.94. The molecule has 11 heteroatoms. The minimum atomic E-state index is -0.881. The molecule has 0 unspecified atom stereocenters. The van der Waals surface area contributed by atoms with Gasteiger partial charge in [-0.3, -0.25) is 4.98 Å². The van der Waals surface area contributed by atoms with Gasteiger partial charge in [-0.05, 0) is 74.3 Å². The topological polar surface area (TPSA) is 112 Å². The van der Waals surface area contributed by atoms with Crippen molar-refractivity contribution in [3.63, 3.8) is 0 Å². The van der Waals surface area contributed by atoms with Crippen LogP contribution in [0.4, 0.5) is 14.9 Å². The fraction of sp³-hybridized carbons (Fsp3) is 0.281. The zero-order chi connectivity index (χ0) is 30.2. The maximum Gasteiger partial charge on any atom is 0.340 e. The van der Waals surface area contributed by atoms with Crippen molar-refractivity contribution in [3.05, 3.63) is 78.2 Å². The number of fused-ring (bicyclic) bond motifs is 1. The van der Waals surface area contributed by atoms with Crippen LogP contribution in [-0.2, 0) is 0 Å². The molecule has 0 radical (unpaired) electrons. The summed E-state index contributed by atoms with van der Waals surface area (Å²) >= 11 is 0. The van der Waals surface area contributed by atoms with Gasteiger partial charge >= 0.3 is 6.03 Å². The number of urea groups is 1. The standard InChI is InChI=1S/C32H34FN5O5/c1-40-24-8-5-7-22(17-24)21-36-38(32(34)39)23-9-10-29(26(33)18-23)43-28-11-12-35-27-20-31(30(41-2)19-25(27)28)42-16-6-15-37-13-3-4-14-37/h5,7-12,17-21H,3-4,6,13-16H2,1-2H3,(H2,34,39). The smallest absolute Gasteiger partial charge is 0.340 e. The molecule has 0 atom stereocenters. The first-order valence-corrected chi connectivity index (χ1v) is 14.0. The number of methoxy groups -OCH3 is 2. The third-order valence-electron chi connectivity index (χ3n) is 7.07. The number of nitrogens with zero attached hydrogens (tertiary/aromatic N) is 4. The SMILES string of the molecule is COc1cccc(C=NN(C(N)=O)c2ccc(Oc3ccnc4cc(OCCCN5CCCC5)c(OC)cc34)c(F)c2)c1. The van der Waals surface area contributed by atoms with Gasteiger partial charge in [0.1, 0.15) is 11.5 Å². The maximum absolute atomic E-state index is 15.3. The van der Waals surface area contributed by atoms with E-state index in [1.54, 1.807) is 62.9 Å². The Morgan fingerprint density at radius 1 is 1.02 bits per heavy atom. The van der Waals surface area contributed by atoms with E-state index in [1.165, 1.54) is 31.2 Å². The Balaban J connectivity index is 1.32. The summed E-state index contributed by atoms with van der Waals surface area (Å²) < 4.78 is 38.1. The van der Waals surface area contributed by atoms with E-state index in [4.69, 9.17) is 24.7 Å². The van der Waals surface area contributed by atoms with Crippen molar-refractivity contribution in [2.75, 3.05) is 45.5 Å². The second kappa shape index (κ2) is 13.8. The number of ether oxygens (including phenoxy) is 4. The molecule has 3 aromatic carbocycles. The third-order valence-corrected chi connectivity index (χ3v) is 7.07. The van der Waals surface area contributed by atoms with E-state index in [0.29, 0.717) is 46.1 Å². The van der Waals surface area contributed by atoms with E-state index in [9.17, 15) is 4.79 Å². The summed E-state index contributed by atoms with van der Waals surface area (Å²) in [4.78, 5) is 19.0. The first-order valence-electron chi connectivity index (χ1n) is 14.0. The molecule has 0 saturated carbocycles. The highest BCUT2D eigenvalue weighted by molar-refractivity contribution is 5.93. The largest absolute Gasteiger partial charge is 0.497 e. The number of rotatable bonds is 12. The molecular weight excluding hydrogens is 553 g/mol. The van der Waals surface area contributed by atoms with Gasteiger partial charge in [0.2, 0.25) is 0 Å². The lowest BCUT2D eigenvalue weighted by Gasteiger charge is -2.17. The fourth-order valence-electron chi connectivity index (χ4n) is 4.89. The quantitative estimate of drug-likeness (QED) is 0.124. The summed E-state index contributed by atoms with van der Waals surface area (Å²) in [7, 11) is 3.11. The van der Waals surface area contributed by atoms with Gasteiger partial charge in [0.25, 0.3) is 0 Å². The van der Waals surface area contributed by atoms with Gasteiger partial charge in [0.15, 0.2) is 23.1 Å². The molecule has 2 heterocycles. The van der Waals surface area contributed by atoms with Gasteiger partial charge < -0.3 is 29.6 Å². The third kappa shape index (κ3) is 7.31. The van der Waals surface area contributed by atoms with Crippen molar-refractivity contribution < 1.29 is 28.1 Å². The van der Waals surface area contributed by atoms with Gasteiger partial charge in [-0.15, -0.1) is 0 Å². The average Bonchev–Trinajstić information content (AvgIpc) is 3.54. The summed E-state index contributed by atoms with van der Waals surface area (Å²) in [5.74, 6) is 1.33. The Labute approximate surface area is 249 Å². The number of primary amides is 1. The van der Waals surface area contributed by atoms with Crippen molar-refractivity contribution in [2.45, 2.75) is 19.3 Å². The summed E-state index contributed by atoms with van der Waals surface area (Å²) in [5, 5.41) is 5.66. The number of benzene rings is 3. The second-order valence-corrected chi connectivity index (χ2v) is 9.97. The normalized spacial score (nSPS) is 13.4. The molecule has 0 aliphatic carbocycles. The summed E-state index contributed by atoms with van der Waals surface area (Å²) in [6, 6.07) is 15.4. The summed E-state index contributed by atoms with van der Waals surface area (Å²) in [6.07, 6.45) is 6.43. The maximum atomic E-state index is 15.3. The molecule has 1 aliphatic rings. The molecule has 10 nitrogen and oxygen atoms in total. The number of hydrazone groups is 1. The number of halogens is 1. The zero-order valence-corrected chi connectivity index (χ0v) is 24.2. The lowest BCUT2D eigenvalue weighted by atomic mass is 10.1. The van der Waals surface area contributed by atoms with Crippen LogP contribution in [0.15, 0.2) is 72.0 Å². The number of aromatic nitrogens is 1. The molecule has 0 bridgehead atoms. The van der Waals surface area contributed by atoms with Crippen LogP contribution in [0.1, 0.15) is 24.8 Å². The number of likely N-dealkylation sites (tertiary alicyclic amines) is 1. The van der Waals surface area contributed by atoms with Crippen LogP contribution in [0, 0.1) is 5.82 Å². The summed E-state index contributed by atoms with van der Waals surface area (Å²) in [6.45, 7) is 3.86. The highest BCUT2D eigenvalue weighted by Crippen LogP contribution is 2.38. The number of hydrogen-bond acceptors (Lipinski definition) is 8. The van der Waals surface area contributed by atoms with Crippen LogP contribution in [0.25, 0.3) is 10.9 Å². The van der Waals surface area contributed by atoms with Crippen LogP contribution in [0.3, 0.4) is 0 Å². The number of carbonyl (C=O) groups excluding carboxylic acids is 1. The number of hydrogen-bond donors (Lipinski definition) is 1. The van der Waals surface area contributed by atoms with Gasteiger partial charge in [-0.25, -0.2) is 9.18 Å². The van der Waals surface area contributed by atoms with Crippen molar-refractivity contribution in [2.24, 2.45) is 10.8 Å². The molecule has 0 spiro atoms. The number of pyridine rings is 1. The van der Waals surface area contributed by atoms with Crippen LogP contribution < -0.4 is 29.7 Å². The molecule has 4 aromatic rings. The Kier molecular flexibility index (Phi) is 9.52. The predicted octanol–water partition coefficient (Wildman–Crippen LogP) is 5.97. The molecule has 5 rings (SSSR count). The van der Waals surface area contributed by atoms with Crippen molar-refractivity contribution >= 4 is 28.8 Å². The number of amides is 2. The first-order chi connectivity index (χ1) is 20.9. The van der Waals surface area contributed by atoms with Crippen molar-refractivity contribution in [3.8, 4) is 28.7 Å². The Morgan fingerprint density at radius 3 is 2.60 bits per heavy atom. The number of anilines is 1. The monoisotopic (exact) mass is 587 g/mol. The van der Waals surface area contributed by atoms with E-state index >= 15 is 4.39 Å². The Bertz CT molecular complexity index is 1610. The van der Waals surface area contributed by atoms with E-state index in [0.717, 1.165) is 37.1 Å². The number of nitrogens with two attached hydrogens (primary N) is 1. The van der Waals surface area contributed by atoms with Crippen LogP contribution in [0.5, 0.6) is 28.7 Å². The van der Waals surface area contributed by atoms with E-state index in [2.05, 4.69) is 15.0 Å². The molecule has 1 aromatic heterocycles. The fourth-order valence-corrected chi connectivity index (χ4v) is 4.89. The average molecular weight is 588 g/mol. The highest BCUT2D eigenvalue weighted by atomic mass is 19.1. The lowest BCUT2D eigenvalue weighted by Crippen LogP contribution is -2.31. The van der Waals surface area contributed by atoms with E-state index in [-0.39, 0.29) is 11.4 Å². The van der Waals surface area contributed by atoms with Gasteiger partial charge in [-0.2, -0.15) is 10.1 Å². The lowest BCUT2D eigenvalue weighted by molar-refractivity contribution is 0.254. The molecule has 2 N–H and O–H groups in total. The molecule has 1 saturated heterocycles. The van der Waals surface area contributed by atoms with Gasteiger partial charge in [0.05, 0.1) is 38.2 Å². The van der Waals surface area contributed by atoms with E-state index in [1.807, 2.05) is 0 Å². The molecule has 224 valence electrons. The van der Waals surface area contributed by atoms with Crippen LogP contribution >= 0.6 is 0 Å². The minimum absolute atomic E-state index is 0.0568. The minimum Gasteiger partial charge on any atom is -0.497 e. The second-order valence-electron chi connectivity index (χ2n) is 9.97. The molecule has 2 amide bonds.